The molecule has 0 saturated carbocycles. The van der Waals surface area contributed by atoms with Crippen LogP contribution in [-0.4, -0.2) is 44.1 Å². The third kappa shape index (κ3) is 4.65. The molecule has 0 spiro atoms. The van der Waals surface area contributed by atoms with Gasteiger partial charge < -0.3 is 14.5 Å². The minimum Gasteiger partial charge on any atom is -0.497 e. The van der Waals surface area contributed by atoms with E-state index in [9.17, 15) is 4.79 Å². The molecule has 0 radical (unpaired) electrons. The molecule has 3 aromatic carbocycles. The monoisotopic (exact) mass is 400 g/mol. The van der Waals surface area contributed by atoms with Crippen LogP contribution in [0.2, 0.25) is 0 Å². The lowest BCUT2D eigenvalue weighted by Gasteiger charge is -2.37. The number of piperazine rings is 1. The fourth-order valence-electron chi connectivity index (χ4n) is 4.12. The summed E-state index contributed by atoms with van der Waals surface area (Å²) in [5, 5.41) is 0. The first kappa shape index (κ1) is 20.0. The van der Waals surface area contributed by atoms with Gasteiger partial charge in [-0.2, -0.15) is 0 Å². The van der Waals surface area contributed by atoms with Crippen LogP contribution in [-0.2, 0) is 4.79 Å². The van der Waals surface area contributed by atoms with Crippen LogP contribution in [0, 0.1) is 0 Å². The van der Waals surface area contributed by atoms with Gasteiger partial charge in [-0.3, -0.25) is 4.79 Å². The highest BCUT2D eigenvalue weighted by molar-refractivity contribution is 5.78. The van der Waals surface area contributed by atoms with E-state index in [-0.39, 0.29) is 11.8 Å². The molecule has 0 aromatic heterocycles. The molecule has 1 saturated heterocycles. The van der Waals surface area contributed by atoms with Gasteiger partial charge in [-0.1, -0.05) is 66.7 Å². The van der Waals surface area contributed by atoms with Crippen LogP contribution in [0.3, 0.4) is 0 Å². The Labute approximate surface area is 178 Å². The van der Waals surface area contributed by atoms with Crippen molar-refractivity contribution in [3.63, 3.8) is 0 Å². The number of carbonyl (C=O) groups is 1. The molecule has 0 atom stereocenters. The molecule has 0 bridgehead atoms. The van der Waals surface area contributed by atoms with E-state index in [1.165, 1.54) is 11.1 Å². The van der Waals surface area contributed by atoms with Crippen molar-refractivity contribution in [3.05, 3.63) is 96.1 Å². The second-order valence-electron chi connectivity index (χ2n) is 7.65. The van der Waals surface area contributed by atoms with E-state index < -0.39 is 0 Å². The number of rotatable bonds is 6. The van der Waals surface area contributed by atoms with Gasteiger partial charge in [0.25, 0.3) is 0 Å². The van der Waals surface area contributed by atoms with Gasteiger partial charge in [0.2, 0.25) is 5.91 Å². The summed E-state index contributed by atoms with van der Waals surface area (Å²) in [6.07, 6.45) is 0.493. The Kier molecular flexibility index (Phi) is 6.33. The van der Waals surface area contributed by atoms with Crippen LogP contribution in [0.15, 0.2) is 84.9 Å². The molecule has 1 amide bonds. The maximum atomic E-state index is 13.2. The molecule has 1 heterocycles. The van der Waals surface area contributed by atoms with E-state index in [1.807, 2.05) is 53.4 Å². The number of anilines is 1. The summed E-state index contributed by atoms with van der Waals surface area (Å²) in [5.41, 5.74) is 3.52. The molecular weight excluding hydrogens is 372 g/mol. The zero-order valence-corrected chi connectivity index (χ0v) is 17.4. The van der Waals surface area contributed by atoms with Gasteiger partial charge in [0.05, 0.1) is 7.11 Å². The van der Waals surface area contributed by atoms with E-state index in [4.69, 9.17) is 4.74 Å². The summed E-state index contributed by atoms with van der Waals surface area (Å²) in [6, 6.07) is 28.8. The Morgan fingerprint density at radius 1 is 0.833 bits per heavy atom. The van der Waals surface area contributed by atoms with E-state index in [2.05, 4.69) is 41.3 Å². The minimum atomic E-state index is 0.0799. The SMILES string of the molecule is COc1cccc(N2CCN(C(=O)CC(c3ccccc3)c3ccccc3)CC2)c1. The highest BCUT2D eigenvalue weighted by Gasteiger charge is 2.25. The van der Waals surface area contributed by atoms with Crippen LogP contribution in [0.4, 0.5) is 5.69 Å². The number of nitrogens with zero attached hydrogens (tertiary/aromatic N) is 2. The topological polar surface area (TPSA) is 32.8 Å². The predicted molar refractivity (Wildman–Crippen MR) is 121 cm³/mol. The third-order valence-corrected chi connectivity index (χ3v) is 5.83. The Bertz CT molecular complexity index is 912. The number of hydrogen-bond acceptors (Lipinski definition) is 3. The molecule has 4 heteroatoms. The lowest BCUT2D eigenvalue weighted by molar-refractivity contribution is -0.131. The van der Waals surface area contributed by atoms with Crippen molar-refractivity contribution in [2.24, 2.45) is 0 Å². The van der Waals surface area contributed by atoms with Crippen LogP contribution in [0.5, 0.6) is 5.75 Å². The molecule has 30 heavy (non-hydrogen) atoms. The highest BCUT2D eigenvalue weighted by atomic mass is 16.5. The van der Waals surface area contributed by atoms with E-state index in [0.29, 0.717) is 6.42 Å². The van der Waals surface area contributed by atoms with Crippen molar-refractivity contribution in [1.82, 2.24) is 4.90 Å². The predicted octanol–water partition coefficient (Wildman–Crippen LogP) is 4.57. The summed E-state index contributed by atoms with van der Waals surface area (Å²) < 4.78 is 5.34. The van der Waals surface area contributed by atoms with E-state index in [1.54, 1.807) is 7.11 Å². The number of benzene rings is 3. The molecular formula is C26H28N2O2. The van der Waals surface area contributed by atoms with Crippen molar-refractivity contribution >= 4 is 11.6 Å². The third-order valence-electron chi connectivity index (χ3n) is 5.83. The Morgan fingerprint density at radius 2 is 1.43 bits per heavy atom. The second kappa shape index (κ2) is 9.49. The first-order valence-electron chi connectivity index (χ1n) is 10.5. The van der Waals surface area contributed by atoms with Gasteiger partial charge in [0, 0.05) is 50.3 Å². The van der Waals surface area contributed by atoms with Crippen molar-refractivity contribution in [3.8, 4) is 5.75 Å². The largest absolute Gasteiger partial charge is 0.497 e. The minimum absolute atomic E-state index is 0.0799. The Balaban J connectivity index is 1.43. The molecule has 3 aromatic rings. The molecule has 1 fully saturated rings. The van der Waals surface area contributed by atoms with Gasteiger partial charge >= 0.3 is 0 Å². The molecule has 0 N–H and O–H groups in total. The van der Waals surface area contributed by atoms with Crippen molar-refractivity contribution < 1.29 is 9.53 Å². The Hall–Kier alpha value is -3.27. The van der Waals surface area contributed by atoms with Gasteiger partial charge in [0.1, 0.15) is 5.75 Å². The molecule has 4 rings (SSSR count). The fraction of sp³-hybridized carbons (Fsp3) is 0.269. The van der Waals surface area contributed by atoms with E-state index >= 15 is 0 Å². The van der Waals surface area contributed by atoms with Crippen LogP contribution >= 0.6 is 0 Å². The second-order valence-corrected chi connectivity index (χ2v) is 7.65. The van der Waals surface area contributed by atoms with Gasteiger partial charge in [0.15, 0.2) is 0 Å². The average Bonchev–Trinajstić information content (AvgIpc) is 2.83. The molecule has 1 aliphatic heterocycles. The Morgan fingerprint density at radius 3 is 2.00 bits per heavy atom. The fourth-order valence-corrected chi connectivity index (χ4v) is 4.12. The van der Waals surface area contributed by atoms with Gasteiger partial charge in [-0.15, -0.1) is 0 Å². The van der Waals surface area contributed by atoms with Crippen LogP contribution in [0.1, 0.15) is 23.5 Å². The van der Waals surface area contributed by atoms with Crippen LogP contribution in [0.25, 0.3) is 0 Å². The molecule has 1 aliphatic rings. The summed E-state index contributed by atoms with van der Waals surface area (Å²) >= 11 is 0. The highest BCUT2D eigenvalue weighted by Crippen LogP contribution is 2.29. The molecule has 0 unspecified atom stereocenters. The smallest absolute Gasteiger partial charge is 0.223 e. The van der Waals surface area contributed by atoms with Crippen LogP contribution < -0.4 is 9.64 Å². The summed E-state index contributed by atoms with van der Waals surface area (Å²) in [4.78, 5) is 17.5. The number of ether oxygens (including phenoxy) is 1. The number of hydrogen-bond donors (Lipinski definition) is 0. The zero-order valence-electron chi connectivity index (χ0n) is 17.4. The van der Waals surface area contributed by atoms with Crippen molar-refractivity contribution in [2.45, 2.75) is 12.3 Å². The number of methoxy groups -OCH3 is 1. The zero-order chi connectivity index (χ0) is 20.8. The maximum Gasteiger partial charge on any atom is 0.223 e. The lowest BCUT2D eigenvalue weighted by Crippen LogP contribution is -2.49. The van der Waals surface area contributed by atoms with Crippen molar-refractivity contribution in [1.29, 1.82) is 0 Å². The first-order valence-corrected chi connectivity index (χ1v) is 10.5. The van der Waals surface area contributed by atoms with Gasteiger partial charge in [-0.05, 0) is 23.3 Å². The number of amides is 1. The lowest BCUT2D eigenvalue weighted by atomic mass is 9.88. The van der Waals surface area contributed by atoms with Crippen molar-refractivity contribution in [2.75, 3.05) is 38.2 Å². The summed E-state index contributed by atoms with van der Waals surface area (Å²) in [5.74, 6) is 1.16. The van der Waals surface area contributed by atoms with E-state index in [0.717, 1.165) is 37.6 Å². The molecule has 0 aliphatic carbocycles. The summed E-state index contributed by atoms with van der Waals surface area (Å²) in [7, 11) is 1.69. The summed E-state index contributed by atoms with van der Waals surface area (Å²) in [6.45, 7) is 3.15. The average molecular weight is 401 g/mol. The normalized spacial score (nSPS) is 14.1. The number of carbonyl (C=O) groups excluding carboxylic acids is 1. The molecule has 4 nitrogen and oxygen atoms in total. The van der Waals surface area contributed by atoms with Gasteiger partial charge in [-0.25, -0.2) is 0 Å². The first-order chi connectivity index (χ1) is 14.7. The standard InChI is InChI=1S/C26H28N2O2/c1-30-24-14-8-13-23(19-24)27-15-17-28(18-16-27)26(29)20-25(21-9-4-2-5-10-21)22-11-6-3-7-12-22/h2-14,19,25H,15-18,20H2,1H3. The quantitative estimate of drug-likeness (QED) is 0.608. The maximum absolute atomic E-state index is 13.2. The molecule has 154 valence electrons.